The third-order valence-electron chi connectivity index (χ3n) is 7.37. The number of imidazole rings is 1. The van der Waals surface area contributed by atoms with E-state index in [2.05, 4.69) is 70.7 Å². The lowest BCUT2D eigenvalue weighted by Crippen LogP contribution is -2.49. The number of aromatic amines is 1. The molecule has 2 N–H and O–H groups in total. The van der Waals surface area contributed by atoms with Crippen molar-refractivity contribution in [2.24, 2.45) is 0 Å². The highest BCUT2D eigenvalue weighted by atomic mass is 16.2. The molecule has 0 saturated carbocycles. The summed E-state index contributed by atoms with van der Waals surface area (Å²) >= 11 is 0. The fourth-order valence-corrected chi connectivity index (χ4v) is 5.24. The van der Waals surface area contributed by atoms with Gasteiger partial charge in [0.2, 0.25) is 0 Å². The SMILES string of the molecule is CC(CNC(=O)N1CCC(n2c(=O)[nH]c3ccccc32)CC1)N(Cc1ccccc1)Cc1ccccc1. The van der Waals surface area contributed by atoms with Gasteiger partial charge in [-0.05, 0) is 43.0 Å². The van der Waals surface area contributed by atoms with Crippen LogP contribution in [0.3, 0.4) is 0 Å². The van der Waals surface area contributed by atoms with Gasteiger partial charge in [-0.1, -0.05) is 72.8 Å². The summed E-state index contributed by atoms with van der Waals surface area (Å²) in [5.74, 6) is 0. The molecule has 1 aromatic heterocycles. The number of H-pyrrole nitrogens is 1. The molecule has 192 valence electrons. The lowest BCUT2D eigenvalue weighted by Gasteiger charge is -2.34. The first-order valence-corrected chi connectivity index (χ1v) is 13.1. The molecule has 37 heavy (non-hydrogen) atoms. The summed E-state index contributed by atoms with van der Waals surface area (Å²) in [5, 5.41) is 3.17. The number of piperidine rings is 1. The first-order valence-electron chi connectivity index (χ1n) is 13.1. The minimum Gasteiger partial charge on any atom is -0.336 e. The minimum absolute atomic E-state index is 0.0315. The third-order valence-corrected chi connectivity index (χ3v) is 7.37. The summed E-state index contributed by atoms with van der Waals surface area (Å²) in [6, 6.07) is 28.9. The highest BCUT2D eigenvalue weighted by Crippen LogP contribution is 2.25. The lowest BCUT2D eigenvalue weighted by molar-refractivity contribution is 0.159. The molecule has 5 rings (SSSR count). The van der Waals surface area contributed by atoms with E-state index in [0.29, 0.717) is 19.6 Å². The van der Waals surface area contributed by atoms with Gasteiger partial charge in [0.1, 0.15) is 0 Å². The molecular formula is C30H35N5O2. The van der Waals surface area contributed by atoms with E-state index in [4.69, 9.17) is 0 Å². The molecule has 0 radical (unpaired) electrons. The summed E-state index contributed by atoms with van der Waals surface area (Å²) in [4.78, 5) is 32.8. The number of para-hydroxylation sites is 2. The van der Waals surface area contributed by atoms with E-state index in [1.54, 1.807) is 0 Å². The Labute approximate surface area is 217 Å². The van der Waals surface area contributed by atoms with Crippen molar-refractivity contribution in [2.75, 3.05) is 19.6 Å². The monoisotopic (exact) mass is 497 g/mol. The predicted molar refractivity (Wildman–Crippen MR) is 147 cm³/mol. The van der Waals surface area contributed by atoms with Crippen molar-refractivity contribution in [3.63, 3.8) is 0 Å². The normalized spacial score (nSPS) is 15.2. The first kappa shape index (κ1) is 24.8. The molecule has 7 nitrogen and oxygen atoms in total. The number of aromatic nitrogens is 2. The number of hydrogen-bond acceptors (Lipinski definition) is 3. The van der Waals surface area contributed by atoms with Crippen molar-refractivity contribution in [3.8, 4) is 0 Å². The standard InChI is InChI=1S/C30H35N5O2/c1-23(34(21-24-10-4-2-5-11-24)22-25-12-6-3-7-13-25)20-31-29(36)33-18-16-26(17-19-33)35-28-15-9-8-14-27(28)32-30(35)37/h2-15,23,26H,16-22H2,1H3,(H,31,36)(H,32,37). The van der Waals surface area contributed by atoms with Gasteiger partial charge in [0.25, 0.3) is 0 Å². The molecule has 1 saturated heterocycles. The molecule has 1 aliphatic heterocycles. The van der Waals surface area contributed by atoms with Crippen LogP contribution in [0.2, 0.25) is 0 Å². The van der Waals surface area contributed by atoms with Gasteiger partial charge in [-0.2, -0.15) is 0 Å². The third kappa shape index (κ3) is 5.94. The Bertz CT molecular complexity index is 1320. The van der Waals surface area contributed by atoms with Crippen LogP contribution in [0.25, 0.3) is 11.0 Å². The van der Waals surface area contributed by atoms with Gasteiger partial charge >= 0.3 is 11.7 Å². The van der Waals surface area contributed by atoms with E-state index in [1.807, 2.05) is 45.9 Å². The van der Waals surface area contributed by atoms with E-state index in [-0.39, 0.29) is 23.8 Å². The van der Waals surface area contributed by atoms with E-state index in [1.165, 1.54) is 11.1 Å². The topological polar surface area (TPSA) is 73.4 Å². The van der Waals surface area contributed by atoms with E-state index in [0.717, 1.165) is 37.0 Å². The van der Waals surface area contributed by atoms with E-state index in [9.17, 15) is 9.59 Å². The number of benzene rings is 3. The average molecular weight is 498 g/mol. The molecule has 0 aliphatic carbocycles. The Kier molecular flexibility index (Phi) is 7.70. The number of carbonyl (C=O) groups excluding carboxylic acids is 1. The Morgan fingerprint density at radius 3 is 2.11 bits per heavy atom. The summed E-state index contributed by atoms with van der Waals surface area (Å²) in [7, 11) is 0. The molecule has 1 fully saturated rings. The van der Waals surface area contributed by atoms with Gasteiger partial charge in [0.05, 0.1) is 11.0 Å². The van der Waals surface area contributed by atoms with E-state index < -0.39 is 0 Å². The smallest absolute Gasteiger partial charge is 0.326 e. The van der Waals surface area contributed by atoms with Crippen LogP contribution in [0, 0.1) is 0 Å². The summed E-state index contributed by atoms with van der Waals surface area (Å²) in [6.07, 6.45) is 1.53. The maximum absolute atomic E-state index is 13.0. The van der Waals surface area contributed by atoms with Gasteiger partial charge in [-0.25, -0.2) is 9.59 Å². The van der Waals surface area contributed by atoms with Crippen molar-refractivity contribution >= 4 is 17.1 Å². The molecule has 1 atom stereocenters. The van der Waals surface area contributed by atoms with Crippen LogP contribution in [-0.4, -0.2) is 51.1 Å². The maximum Gasteiger partial charge on any atom is 0.326 e. The zero-order valence-electron chi connectivity index (χ0n) is 21.3. The van der Waals surface area contributed by atoms with Crippen LogP contribution >= 0.6 is 0 Å². The highest BCUT2D eigenvalue weighted by molar-refractivity contribution is 5.75. The van der Waals surface area contributed by atoms with Crippen molar-refractivity contribution in [1.29, 1.82) is 0 Å². The van der Waals surface area contributed by atoms with Gasteiger partial charge < -0.3 is 15.2 Å². The zero-order valence-corrected chi connectivity index (χ0v) is 21.3. The molecule has 1 aliphatic rings. The molecule has 2 amide bonds. The Morgan fingerprint density at radius 2 is 1.49 bits per heavy atom. The molecule has 0 spiro atoms. The van der Waals surface area contributed by atoms with Crippen LogP contribution < -0.4 is 11.0 Å². The number of rotatable bonds is 8. The van der Waals surface area contributed by atoms with E-state index >= 15 is 0 Å². The number of urea groups is 1. The van der Waals surface area contributed by atoms with Crippen LogP contribution in [0.4, 0.5) is 4.79 Å². The number of fused-ring (bicyclic) bond motifs is 1. The van der Waals surface area contributed by atoms with Crippen LogP contribution in [0.15, 0.2) is 89.7 Å². The second kappa shape index (κ2) is 11.5. The summed E-state index contributed by atoms with van der Waals surface area (Å²) < 4.78 is 1.86. The molecule has 7 heteroatoms. The zero-order chi connectivity index (χ0) is 25.6. The minimum atomic E-state index is -0.0742. The second-order valence-electron chi connectivity index (χ2n) is 9.95. The summed E-state index contributed by atoms with van der Waals surface area (Å²) in [6.45, 7) is 5.64. The molecule has 0 bridgehead atoms. The van der Waals surface area contributed by atoms with Crippen LogP contribution in [0.5, 0.6) is 0 Å². The molecule has 3 aromatic carbocycles. The fraction of sp³-hybridized carbons (Fsp3) is 0.333. The van der Waals surface area contributed by atoms with Crippen molar-refractivity contribution in [2.45, 2.75) is 44.9 Å². The van der Waals surface area contributed by atoms with Crippen LogP contribution in [-0.2, 0) is 13.1 Å². The van der Waals surface area contributed by atoms with Crippen molar-refractivity contribution < 1.29 is 4.79 Å². The molecular weight excluding hydrogens is 462 g/mol. The highest BCUT2D eigenvalue weighted by Gasteiger charge is 2.26. The largest absolute Gasteiger partial charge is 0.336 e. The predicted octanol–water partition coefficient (Wildman–Crippen LogP) is 4.77. The average Bonchev–Trinajstić information content (AvgIpc) is 3.28. The number of likely N-dealkylation sites (tertiary alicyclic amines) is 1. The first-order chi connectivity index (χ1) is 18.1. The van der Waals surface area contributed by atoms with Crippen LogP contribution in [0.1, 0.15) is 36.9 Å². The quantitative estimate of drug-likeness (QED) is 0.368. The fourth-order valence-electron chi connectivity index (χ4n) is 5.24. The van der Waals surface area contributed by atoms with Gasteiger partial charge in [-0.15, -0.1) is 0 Å². The number of amides is 2. The Hall–Kier alpha value is -3.84. The second-order valence-corrected chi connectivity index (χ2v) is 9.95. The number of nitrogens with zero attached hydrogens (tertiary/aromatic N) is 3. The van der Waals surface area contributed by atoms with Crippen molar-refractivity contribution in [1.82, 2.24) is 24.7 Å². The van der Waals surface area contributed by atoms with Crippen molar-refractivity contribution in [3.05, 3.63) is 107 Å². The molecule has 4 aromatic rings. The van der Waals surface area contributed by atoms with Gasteiger partial charge in [0.15, 0.2) is 0 Å². The lowest BCUT2D eigenvalue weighted by atomic mass is 10.0. The number of hydrogen-bond donors (Lipinski definition) is 2. The summed E-state index contributed by atoms with van der Waals surface area (Å²) in [5.41, 5.74) is 4.23. The van der Waals surface area contributed by atoms with Gasteiger partial charge in [-0.3, -0.25) is 9.47 Å². The van der Waals surface area contributed by atoms with Gasteiger partial charge in [0, 0.05) is 44.8 Å². The number of nitrogens with one attached hydrogen (secondary N) is 2. The maximum atomic E-state index is 13.0. The Morgan fingerprint density at radius 1 is 0.919 bits per heavy atom. The Balaban J connectivity index is 1.17. The molecule has 2 heterocycles. The number of carbonyl (C=O) groups is 1. The molecule has 1 unspecified atom stereocenters.